The molecular formula is C16H16BrN3O3S2. The highest BCUT2D eigenvalue weighted by atomic mass is 79.9. The second-order valence-electron chi connectivity index (χ2n) is 5.52. The van der Waals surface area contributed by atoms with Gasteiger partial charge in [0.2, 0.25) is 11.8 Å². The zero-order valence-electron chi connectivity index (χ0n) is 13.5. The van der Waals surface area contributed by atoms with Gasteiger partial charge in [-0.3, -0.25) is 19.3 Å². The molecule has 0 bridgehead atoms. The molecule has 1 aromatic carbocycles. The first-order chi connectivity index (χ1) is 12.0. The summed E-state index contributed by atoms with van der Waals surface area (Å²) in [5, 5.41) is 0. The number of halogens is 1. The van der Waals surface area contributed by atoms with Gasteiger partial charge in [0.1, 0.15) is 6.54 Å². The number of carbonyl (C=O) groups excluding carboxylic acids is 3. The average Bonchev–Trinajstić information content (AvgIpc) is 3.06. The highest BCUT2D eigenvalue weighted by Crippen LogP contribution is 2.22. The van der Waals surface area contributed by atoms with Crippen molar-refractivity contribution in [1.29, 1.82) is 0 Å². The first-order valence-electron chi connectivity index (χ1n) is 7.68. The lowest BCUT2D eigenvalue weighted by molar-refractivity contribution is -0.141. The number of aromatic nitrogens is 1. The lowest BCUT2D eigenvalue weighted by Crippen LogP contribution is -2.34. The molecule has 1 aliphatic rings. The molecule has 0 saturated carbocycles. The van der Waals surface area contributed by atoms with Gasteiger partial charge >= 0.3 is 0 Å². The van der Waals surface area contributed by atoms with Gasteiger partial charge < -0.3 is 4.57 Å². The van der Waals surface area contributed by atoms with Gasteiger partial charge in [0.05, 0.1) is 10.2 Å². The Bertz CT molecular complexity index is 903. The number of aryl methyl sites for hydroxylation is 1. The monoisotopic (exact) mass is 441 g/mol. The van der Waals surface area contributed by atoms with Crippen molar-refractivity contribution in [2.24, 2.45) is 4.99 Å². The molecule has 0 unspecified atom stereocenters. The third-order valence-electron chi connectivity index (χ3n) is 3.83. The third kappa shape index (κ3) is 4.04. The van der Waals surface area contributed by atoms with Crippen molar-refractivity contribution in [3.63, 3.8) is 0 Å². The van der Waals surface area contributed by atoms with E-state index in [1.807, 2.05) is 29.0 Å². The second kappa shape index (κ2) is 7.84. The van der Waals surface area contributed by atoms with Gasteiger partial charge in [-0.2, -0.15) is 16.8 Å². The quantitative estimate of drug-likeness (QED) is 0.667. The van der Waals surface area contributed by atoms with Gasteiger partial charge in [0, 0.05) is 29.6 Å². The van der Waals surface area contributed by atoms with Crippen molar-refractivity contribution in [3.8, 4) is 0 Å². The van der Waals surface area contributed by atoms with Gasteiger partial charge in [0.15, 0.2) is 4.80 Å². The molecule has 3 amide bonds. The van der Waals surface area contributed by atoms with Crippen LogP contribution in [0.1, 0.15) is 12.8 Å². The summed E-state index contributed by atoms with van der Waals surface area (Å²) < 4.78 is 3.99. The predicted octanol–water partition coefficient (Wildman–Crippen LogP) is 2.40. The molecule has 0 N–H and O–H groups in total. The Labute approximate surface area is 161 Å². The van der Waals surface area contributed by atoms with Crippen molar-refractivity contribution in [1.82, 2.24) is 9.47 Å². The number of benzene rings is 1. The Kier molecular flexibility index (Phi) is 5.75. The maximum Gasteiger partial charge on any atom is 0.268 e. The minimum Gasteiger partial charge on any atom is -0.316 e. The van der Waals surface area contributed by atoms with Crippen molar-refractivity contribution >= 4 is 67.0 Å². The Morgan fingerprint density at radius 1 is 1.32 bits per heavy atom. The third-order valence-corrected chi connectivity index (χ3v) is 5.96. The topological polar surface area (TPSA) is 71.7 Å². The largest absolute Gasteiger partial charge is 0.316 e. The van der Waals surface area contributed by atoms with E-state index in [1.165, 1.54) is 11.3 Å². The fourth-order valence-corrected chi connectivity index (χ4v) is 4.60. The standard InChI is InChI=1S/C16H16BrN3O3S2/c1-24-7-6-19-11-3-2-10(17)8-12(11)25-16(19)18-13(21)9-20-14(22)4-5-15(20)23/h2-3,8H,4-7,9H2,1H3. The number of thioether (sulfide) groups is 1. The molecule has 3 rings (SSSR count). The maximum atomic E-state index is 12.3. The SMILES string of the molecule is CSCCn1c(=NC(=O)CN2C(=O)CCC2=O)sc2cc(Br)ccc21. The molecule has 0 aliphatic carbocycles. The van der Waals surface area contributed by atoms with E-state index in [4.69, 9.17) is 0 Å². The number of carbonyl (C=O) groups is 3. The second-order valence-corrected chi connectivity index (χ2v) is 8.43. The number of imide groups is 1. The molecule has 0 spiro atoms. The number of hydrogen-bond donors (Lipinski definition) is 0. The van der Waals surface area contributed by atoms with Gasteiger partial charge in [-0.25, -0.2) is 0 Å². The van der Waals surface area contributed by atoms with Crippen LogP contribution in [0.3, 0.4) is 0 Å². The molecule has 9 heteroatoms. The van der Waals surface area contributed by atoms with Crippen molar-refractivity contribution in [2.45, 2.75) is 19.4 Å². The molecule has 1 aromatic heterocycles. The van der Waals surface area contributed by atoms with E-state index < -0.39 is 5.91 Å². The average molecular weight is 442 g/mol. The van der Waals surface area contributed by atoms with Crippen LogP contribution >= 0.6 is 39.0 Å². The normalized spacial score (nSPS) is 15.6. The van der Waals surface area contributed by atoms with Crippen LogP contribution in [0.5, 0.6) is 0 Å². The highest BCUT2D eigenvalue weighted by molar-refractivity contribution is 9.10. The van der Waals surface area contributed by atoms with Crippen LogP contribution in [0, 0.1) is 0 Å². The van der Waals surface area contributed by atoms with E-state index in [0.717, 1.165) is 31.9 Å². The number of rotatable bonds is 5. The van der Waals surface area contributed by atoms with E-state index in [2.05, 4.69) is 20.9 Å². The number of amides is 3. The van der Waals surface area contributed by atoms with Gasteiger partial charge in [-0.1, -0.05) is 27.3 Å². The van der Waals surface area contributed by atoms with Crippen molar-refractivity contribution in [3.05, 3.63) is 27.5 Å². The van der Waals surface area contributed by atoms with Crippen LogP contribution in [0.2, 0.25) is 0 Å². The van der Waals surface area contributed by atoms with Crippen LogP contribution < -0.4 is 4.80 Å². The van der Waals surface area contributed by atoms with Gasteiger partial charge in [-0.05, 0) is 24.5 Å². The van der Waals surface area contributed by atoms with Crippen LogP contribution in [-0.2, 0) is 20.9 Å². The number of likely N-dealkylation sites (tertiary alicyclic amines) is 1. The first kappa shape index (κ1) is 18.3. The highest BCUT2D eigenvalue weighted by Gasteiger charge is 2.30. The van der Waals surface area contributed by atoms with Crippen LogP contribution in [0.25, 0.3) is 10.2 Å². The van der Waals surface area contributed by atoms with Crippen LogP contribution in [-0.4, -0.2) is 45.7 Å². The van der Waals surface area contributed by atoms with E-state index >= 15 is 0 Å². The molecule has 0 radical (unpaired) electrons. The lowest BCUT2D eigenvalue weighted by Gasteiger charge is -2.10. The minimum atomic E-state index is -0.480. The molecule has 1 saturated heterocycles. The fraction of sp³-hybridized carbons (Fsp3) is 0.375. The fourth-order valence-electron chi connectivity index (χ4n) is 2.61. The smallest absolute Gasteiger partial charge is 0.268 e. The van der Waals surface area contributed by atoms with E-state index in [9.17, 15) is 14.4 Å². The summed E-state index contributed by atoms with van der Waals surface area (Å²) in [6, 6.07) is 5.94. The summed E-state index contributed by atoms with van der Waals surface area (Å²) in [4.78, 5) is 41.4. The zero-order chi connectivity index (χ0) is 18.0. The Balaban J connectivity index is 1.95. The Morgan fingerprint density at radius 3 is 2.72 bits per heavy atom. The lowest BCUT2D eigenvalue weighted by atomic mass is 10.3. The molecule has 132 valence electrons. The summed E-state index contributed by atoms with van der Waals surface area (Å²) in [6.45, 7) is 0.453. The zero-order valence-corrected chi connectivity index (χ0v) is 16.7. The summed E-state index contributed by atoms with van der Waals surface area (Å²) in [5.74, 6) is -0.188. The number of thiazole rings is 1. The summed E-state index contributed by atoms with van der Waals surface area (Å²) in [6.07, 6.45) is 2.38. The molecular weight excluding hydrogens is 426 g/mol. The number of nitrogens with zero attached hydrogens (tertiary/aromatic N) is 3. The number of hydrogen-bond acceptors (Lipinski definition) is 5. The van der Waals surface area contributed by atoms with E-state index in [-0.39, 0.29) is 31.2 Å². The maximum absolute atomic E-state index is 12.3. The minimum absolute atomic E-state index is 0.177. The molecule has 25 heavy (non-hydrogen) atoms. The van der Waals surface area contributed by atoms with Gasteiger partial charge in [-0.15, -0.1) is 0 Å². The summed E-state index contributed by atoms with van der Waals surface area (Å²) in [5.41, 5.74) is 1.02. The Hall–Kier alpha value is -1.45. The Morgan fingerprint density at radius 2 is 2.04 bits per heavy atom. The molecule has 1 aliphatic heterocycles. The first-order valence-corrected chi connectivity index (χ1v) is 10.7. The predicted molar refractivity (Wildman–Crippen MR) is 102 cm³/mol. The molecule has 2 heterocycles. The van der Waals surface area contributed by atoms with E-state index in [1.54, 1.807) is 11.8 Å². The molecule has 0 atom stereocenters. The van der Waals surface area contributed by atoms with Gasteiger partial charge in [0.25, 0.3) is 5.91 Å². The van der Waals surface area contributed by atoms with E-state index in [0.29, 0.717) is 4.80 Å². The van der Waals surface area contributed by atoms with Crippen LogP contribution in [0.4, 0.5) is 0 Å². The molecule has 2 aromatic rings. The number of fused-ring (bicyclic) bond motifs is 1. The summed E-state index contributed by atoms with van der Waals surface area (Å²) in [7, 11) is 0. The van der Waals surface area contributed by atoms with Crippen LogP contribution in [0.15, 0.2) is 27.7 Å². The molecule has 1 fully saturated rings. The van der Waals surface area contributed by atoms with Crippen molar-refractivity contribution < 1.29 is 14.4 Å². The summed E-state index contributed by atoms with van der Waals surface area (Å²) >= 11 is 6.60. The van der Waals surface area contributed by atoms with Crippen molar-refractivity contribution in [2.75, 3.05) is 18.6 Å². The molecule has 6 nitrogen and oxygen atoms in total.